The highest BCUT2D eigenvalue weighted by atomic mass is 16.7. The Morgan fingerprint density at radius 3 is 2.75 bits per heavy atom. The fourth-order valence-electron chi connectivity index (χ4n) is 4.70. The maximum atomic E-state index is 11.9. The summed E-state index contributed by atoms with van der Waals surface area (Å²) in [4.78, 5) is 36.2. The van der Waals surface area contributed by atoms with Crippen LogP contribution in [0, 0.1) is 10.1 Å². The Kier molecular flexibility index (Phi) is 5.94. The number of aromatic amines is 1. The summed E-state index contributed by atoms with van der Waals surface area (Å²) in [5.74, 6) is 1.42. The number of likely N-dealkylation sites (tertiary alicyclic amines) is 1. The van der Waals surface area contributed by atoms with Gasteiger partial charge < -0.3 is 29.0 Å². The van der Waals surface area contributed by atoms with Crippen LogP contribution in [0.1, 0.15) is 12.2 Å². The summed E-state index contributed by atoms with van der Waals surface area (Å²) in [6, 6.07) is 10.8. The zero-order chi connectivity index (χ0) is 25.4. The van der Waals surface area contributed by atoms with Gasteiger partial charge >= 0.3 is 6.09 Å². The Morgan fingerprint density at radius 2 is 2.08 bits per heavy atom. The molecule has 13 nitrogen and oxygen atoms in total. The van der Waals surface area contributed by atoms with Gasteiger partial charge in [0.05, 0.1) is 30.0 Å². The maximum absolute atomic E-state index is 11.9. The number of fused-ring (bicyclic) bond motifs is 1. The van der Waals surface area contributed by atoms with Gasteiger partial charge in [0.25, 0.3) is 6.17 Å². The molecular weight excluding hydrogens is 474 g/mol. The van der Waals surface area contributed by atoms with Crippen LogP contribution in [-0.4, -0.2) is 75.8 Å². The predicted octanol–water partition coefficient (Wildman–Crippen LogP) is 2.71. The van der Waals surface area contributed by atoms with Gasteiger partial charge in [0.2, 0.25) is 6.79 Å². The van der Waals surface area contributed by atoms with E-state index in [-0.39, 0.29) is 25.6 Å². The Hall–Kier alpha value is -4.23. The quantitative estimate of drug-likeness (QED) is 0.382. The summed E-state index contributed by atoms with van der Waals surface area (Å²) < 4.78 is 22.4. The van der Waals surface area contributed by atoms with E-state index in [0.717, 1.165) is 4.90 Å². The van der Waals surface area contributed by atoms with Crippen LogP contribution < -0.4 is 9.47 Å². The number of benzene rings is 1. The highest BCUT2D eigenvalue weighted by Gasteiger charge is 2.57. The monoisotopic (exact) mass is 497 g/mol. The lowest BCUT2D eigenvalue weighted by Gasteiger charge is -2.44. The van der Waals surface area contributed by atoms with Gasteiger partial charge in [0.15, 0.2) is 17.1 Å². The summed E-state index contributed by atoms with van der Waals surface area (Å²) in [5.41, 5.74) is 0.881. The van der Waals surface area contributed by atoms with Gasteiger partial charge in [-0.3, -0.25) is 15.1 Å². The summed E-state index contributed by atoms with van der Waals surface area (Å²) in [7, 11) is 2.79. The number of carboxylic acid groups (broad SMARTS) is 1. The first-order chi connectivity index (χ1) is 17.4. The number of nitrogens with zero attached hydrogens (tertiary/aromatic N) is 4. The molecule has 2 aliphatic heterocycles. The Bertz CT molecular complexity index is 1300. The third-order valence-electron chi connectivity index (χ3n) is 6.54. The molecule has 0 spiro atoms. The second-order valence-electron chi connectivity index (χ2n) is 8.32. The largest absolute Gasteiger partial charge is 0.465 e. The van der Waals surface area contributed by atoms with Crippen molar-refractivity contribution in [3.05, 3.63) is 58.5 Å². The molecule has 3 aromatic rings. The van der Waals surface area contributed by atoms with Crippen molar-refractivity contribution in [1.29, 1.82) is 0 Å². The zero-order valence-electron chi connectivity index (χ0n) is 19.4. The van der Waals surface area contributed by atoms with Crippen molar-refractivity contribution in [3.8, 4) is 34.1 Å². The van der Waals surface area contributed by atoms with Crippen LogP contribution in [0.5, 0.6) is 11.5 Å². The third-order valence-corrected chi connectivity index (χ3v) is 6.54. The van der Waals surface area contributed by atoms with Crippen molar-refractivity contribution < 1.29 is 33.8 Å². The molecule has 36 heavy (non-hydrogen) atoms. The number of rotatable bonds is 6. The number of nitro groups is 1. The van der Waals surface area contributed by atoms with Crippen molar-refractivity contribution in [2.45, 2.75) is 24.3 Å². The van der Waals surface area contributed by atoms with Crippen LogP contribution >= 0.6 is 0 Å². The third kappa shape index (κ3) is 3.78. The number of pyridine rings is 1. The van der Waals surface area contributed by atoms with Gasteiger partial charge in [0.1, 0.15) is 11.9 Å². The molecule has 5 rings (SSSR count). The highest BCUT2D eigenvalue weighted by Crippen LogP contribution is 2.43. The van der Waals surface area contributed by atoms with Crippen LogP contribution in [0.3, 0.4) is 0 Å². The van der Waals surface area contributed by atoms with Gasteiger partial charge in [-0.15, -0.1) is 0 Å². The summed E-state index contributed by atoms with van der Waals surface area (Å²) >= 11 is 0. The van der Waals surface area contributed by atoms with E-state index in [9.17, 15) is 20.0 Å². The maximum Gasteiger partial charge on any atom is 0.412 e. The second-order valence-corrected chi connectivity index (χ2v) is 8.32. The van der Waals surface area contributed by atoms with E-state index in [0.29, 0.717) is 34.1 Å². The number of nitrogens with one attached hydrogen (secondary N) is 1. The molecule has 0 radical (unpaired) electrons. The molecule has 0 bridgehead atoms. The number of piperidine rings is 1. The molecule has 0 aliphatic carbocycles. The van der Waals surface area contributed by atoms with E-state index >= 15 is 0 Å². The first kappa shape index (κ1) is 23.5. The van der Waals surface area contributed by atoms with Crippen LogP contribution in [0.15, 0.2) is 42.6 Å². The average Bonchev–Trinajstić information content (AvgIpc) is 3.55. The van der Waals surface area contributed by atoms with Gasteiger partial charge in [0, 0.05) is 30.9 Å². The Balaban J connectivity index is 1.67. The molecule has 2 N–H and O–H groups in total. The fourth-order valence-corrected chi connectivity index (χ4v) is 4.70. The molecule has 13 heteroatoms. The molecule has 3 atom stereocenters. The number of amides is 1. The van der Waals surface area contributed by atoms with Crippen LogP contribution in [-0.2, 0) is 15.1 Å². The van der Waals surface area contributed by atoms with Gasteiger partial charge in [-0.1, -0.05) is 6.07 Å². The summed E-state index contributed by atoms with van der Waals surface area (Å²) in [5, 5.41) is 21.4. The number of methoxy groups -OCH3 is 2. The van der Waals surface area contributed by atoms with Crippen LogP contribution in [0.2, 0.25) is 0 Å². The summed E-state index contributed by atoms with van der Waals surface area (Å²) in [6.45, 7) is -0.174. The van der Waals surface area contributed by atoms with E-state index in [2.05, 4.69) is 9.97 Å². The molecule has 1 saturated heterocycles. The number of H-pyrrole nitrogens is 1. The first-order valence-corrected chi connectivity index (χ1v) is 11.0. The number of aromatic nitrogens is 3. The van der Waals surface area contributed by atoms with E-state index in [1.807, 2.05) is 12.1 Å². The van der Waals surface area contributed by atoms with E-state index in [1.165, 1.54) is 14.2 Å². The van der Waals surface area contributed by atoms with E-state index < -0.39 is 28.9 Å². The Morgan fingerprint density at radius 1 is 1.28 bits per heavy atom. The van der Waals surface area contributed by atoms with Gasteiger partial charge in [-0.05, 0) is 30.3 Å². The number of hydrogen-bond acceptors (Lipinski definition) is 9. The van der Waals surface area contributed by atoms with E-state index in [1.54, 1.807) is 30.5 Å². The minimum atomic E-state index is -1.56. The van der Waals surface area contributed by atoms with Gasteiger partial charge in [-0.2, -0.15) is 0 Å². The van der Waals surface area contributed by atoms with Crippen LogP contribution in [0.4, 0.5) is 4.79 Å². The Labute approximate surface area is 204 Å². The van der Waals surface area contributed by atoms with Gasteiger partial charge in [-0.25, -0.2) is 14.7 Å². The topological polar surface area (TPSA) is 162 Å². The number of hydrogen-bond donors (Lipinski definition) is 2. The molecule has 4 heterocycles. The lowest BCUT2D eigenvalue weighted by molar-refractivity contribution is -0.557. The van der Waals surface area contributed by atoms with Crippen molar-refractivity contribution in [1.82, 2.24) is 19.9 Å². The molecule has 1 amide bonds. The lowest BCUT2D eigenvalue weighted by atomic mass is 9.85. The molecular formula is C23H23N5O8. The molecule has 1 fully saturated rings. The molecule has 1 aromatic carbocycles. The normalized spacial score (nSPS) is 23.0. The van der Waals surface area contributed by atoms with Crippen molar-refractivity contribution >= 4 is 6.09 Å². The molecule has 188 valence electrons. The predicted molar refractivity (Wildman–Crippen MR) is 123 cm³/mol. The standard InChI is InChI=1S/C23H23N5O8/c1-33-17-11-27(22(29)30)18(28(31)32)10-23(17,34-2)21-25-19(20(26-21)14-5-3-4-8-24-14)13-6-7-15-16(9-13)36-12-35-15/h3-9,17-18H,10-12H2,1-2H3,(H,25,26)(H,29,30). The smallest absolute Gasteiger partial charge is 0.412 e. The summed E-state index contributed by atoms with van der Waals surface area (Å²) in [6.07, 6.45) is -2.56. The first-order valence-electron chi connectivity index (χ1n) is 11.0. The minimum Gasteiger partial charge on any atom is -0.465 e. The SMILES string of the molecule is COC1CN(C(=O)O)C([N+](=O)[O-])CC1(OC)c1nc(-c2ccc3c(c2)OCO3)c(-c2ccccn2)[nH]1. The highest BCUT2D eigenvalue weighted by molar-refractivity contribution is 5.78. The van der Waals surface area contributed by atoms with Crippen LogP contribution in [0.25, 0.3) is 22.6 Å². The van der Waals surface area contributed by atoms with Crippen molar-refractivity contribution in [2.24, 2.45) is 0 Å². The minimum absolute atomic E-state index is 0.113. The van der Waals surface area contributed by atoms with E-state index in [4.69, 9.17) is 23.9 Å². The number of carbonyl (C=O) groups is 1. The molecule has 0 saturated carbocycles. The average molecular weight is 497 g/mol. The number of imidazole rings is 1. The molecule has 3 unspecified atom stereocenters. The molecule has 2 aromatic heterocycles. The van der Waals surface area contributed by atoms with Crippen molar-refractivity contribution in [2.75, 3.05) is 27.6 Å². The fraction of sp³-hybridized carbons (Fsp3) is 0.348. The zero-order valence-corrected chi connectivity index (χ0v) is 19.4. The second kappa shape index (κ2) is 9.09. The number of ether oxygens (including phenoxy) is 4. The van der Waals surface area contributed by atoms with Crippen molar-refractivity contribution in [3.63, 3.8) is 0 Å². The molecule has 2 aliphatic rings. The lowest BCUT2D eigenvalue weighted by Crippen LogP contribution is -2.62.